The largest absolute Gasteiger partial charge is 0.480 e. The molecule has 0 bridgehead atoms. The number of benzene rings is 2. The molecule has 2 rings (SSSR count). The molecule has 0 aliphatic heterocycles. The van der Waals surface area contributed by atoms with Crippen molar-refractivity contribution in [3.05, 3.63) is 57.0 Å². The van der Waals surface area contributed by atoms with Crippen LogP contribution in [0.2, 0.25) is 15.1 Å². The molecule has 134 valence electrons. The van der Waals surface area contributed by atoms with Gasteiger partial charge in [0.05, 0.1) is 10.7 Å². The van der Waals surface area contributed by atoms with Gasteiger partial charge in [-0.1, -0.05) is 40.9 Å². The molecule has 1 unspecified atom stereocenters. The fourth-order valence-corrected chi connectivity index (χ4v) is 4.84. The van der Waals surface area contributed by atoms with Crippen molar-refractivity contribution in [1.29, 1.82) is 0 Å². The van der Waals surface area contributed by atoms with Crippen molar-refractivity contribution in [3.63, 3.8) is 0 Å². The van der Waals surface area contributed by atoms with Gasteiger partial charge >= 0.3 is 5.97 Å². The summed E-state index contributed by atoms with van der Waals surface area (Å²) in [6.07, 6.45) is 0. The highest BCUT2D eigenvalue weighted by Crippen LogP contribution is 2.35. The molecule has 0 spiro atoms. The Kier molecular flexibility index (Phi) is 5.89. The van der Waals surface area contributed by atoms with E-state index in [-0.39, 0.29) is 20.6 Å². The maximum absolute atomic E-state index is 13.2. The zero-order valence-corrected chi connectivity index (χ0v) is 16.3. The molecular weight excluding hydrogens is 409 g/mol. The van der Waals surface area contributed by atoms with Gasteiger partial charge in [0.15, 0.2) is 0 Å². The number of rotatable bonds is 5. The van der Waals surface area contributed by atoms with E-state index in [1.54, 1.807) is 19.1 Å². The fourth-order valence-electron chi connectivity index (χ4n) is 2.26. The van der Waals surface area contributed by atoms with Gasteiger partial charge in [0.1, 0.15) is 10.9 Å². The number of halogens is 3. The van der Waals surface area contributed by atoms with Crippen LogP contribution >= 0.6 is 34.8 Å². The Morgan fingerprint density at radius 2 is 1.76 bits per heavy atom. The number of hydrogen-bond donors (Lipinski definition) is 1. The molecule has 0 aliphatic rings. The Labute approximate surface area is 160 Å². The van der Waals surface area contributed by atoms with Crippen LogP contribution in [-0.4, -0.2) is 25.5 Å². The average molecular weight is 423 g/mol. The van der Waals surface area contributed by atoms with Crippen molar-refractivity contribution >= 4 is 56.5 Å². The van der Waals surface area contributed by atoms with E-state index in [1.807, 2.05) is 0 Å². The lowest BCUT2D eigenvalue weighted by Crippen LogP contribution is -2.44. The number of anilines is 1. The maximum Gasteiger partial charge on any atom is 0.327 e. The first kappa shape index (κ1) is 19.8. The second-order valence-electron chi connectivity index (χ2n) is 5.27. The summed E-state index contributed by atoms with van der Waals surface area (Å²) in [5.41, 5.74) is 0.581. The summed E-state index contributed by atoms with van der Waals surface area (Å²) in [7, 11) is -4.31. The number of carboxylic acids is 1. The Hall–Kier alpha value is -1.47. The van der Waals surface area contributed by atoms with Gasteiger partial charge in [0, 0.05) is 10.0 Å². The van der Waals surface area contributed by atoms with Crippen molar-refractivity contribution in [1.82, 2.24) is 0 Å². The van der Waals surface area contributed by atoms with E-state index in [0.29, 0.717) is 10.6 Å². The van der Waals surface area contributed by atoms with E-state index >= 15 is 0 Å². The van der Waals surface area contributed by atoms with E-state index in [4.69, 9.17) is 34.8 Å². The molecule has 0 amide bonds. The smallest absolute Gasteiger partial charge is 0.327 e. The number of hydrogen-bond acceptors (Lipinski definition) is 3. The molecule has 0 saturated carbocycles. The van der Waals surface area contributed by atoms with Crippen molar-refractivity contribution in [2.24, 2.45) is 0 Å². The van der Waals surface area contributed by atoms with Crippen molar-refractivity contribution in [2.75, 3.05) is 4.31 Å². The van der Waals surface area contributed by atoms with E-state index < -0.39 is 22.0 Å². The van der Waals surface area contributed by atoms with E-state index in [9.17, 15) is 18.3 Å². The normalized spacial score (nSPS) is 12.7. The van der Waals surface area contributed by atoms with Crippen molar-refractivity contribution in [2.45, 2.75) is 24.8 Å². The number of nitrogens with zero attached hydrogens (tertiary/aromatic N) is 1. The van der Waals surface area contributed by atoms with Crippen LogP contribution in [0, 0.1) is 6.92 Å². The second kappa shape index (κ2) is 7.41. The lowest BCUT2D eigenvalue weighted by Gasteiger charge is -2.30. The third-order valence-corrected chi connectivity index (χ3v) is 6.63. The highest BCUT2D eigenvalue weighted by Gasteiger charge is 2.35. The molecule has 2 aromatic rings. The number of carbonyl (C=O) groups is 1. The van der Waals surface area contributed by atoms with Gasteiger partial charge in [-0.25, -0.2) is 13.2 Å². The summed E-state index contributed by atoms with van der Waals surface area (Å²) in [4.78, 5) is 11.3. The SMILES string of the molecule is Cc1c(Cl)cccc1N(C(C)C(=O)O)S(=O)(=O)c1cc(Cl)ccc1Cl. The summed E-state index contributed by atoms with van der Waals surface area (Å²) in [6, 6.07) is 7.18. The number of aliphatic carboxylic acids is 1. The van der Waals surface area contributed by atoms with Gasteiger partial charge < -0.3 is 5.11 Å². The number of sulfonamides is 1. The Balaban J connectivity index is 2.77. The van der Waals surface area contributed by atoms with Crippen LogP contribution < -0.4 is 4.31 Å². The van der Waals surface area contributed by atoms with Crippen LogP contribution in [-0.2, 0) is 14.8 Å². The monoisotopic (exact) mass is 421 g/mol. The molecule has 0 fully saturated rings. The molecule has 5 nitrogen and oxygen atoms in total. The highest BCUT2D eigenvalue weighted by atomic mass is 35.5. The molecule has 2 aromatic carbocycles. The zero-order valence-electron chi connectivity index (χ0n) is 13.2. The van der Waals surface area contributed by atoms with Crippen molar-refractivity contribution < 1.29 is 18.3 Å². The molecule has 0 radical (unpaired) electrons. The molecule has 1 atom stereocenters. The lowest BCUT2D eigenvalue weighted by molar-refractivity contribution is -0.137. The summed E-state index contributed by atoms with van der Waals surface area (Å²) >= 11 is 18.0. The standard InChI is InChI=1S/C16H14Cl3NO4S/c1-9-12(18)4-3-5-14(9)20(10(2)16(21)22)25(23,24)15-8-11(17)6-7-13(15)19/h3-8,10H,1-2H3,(H,21,22). The van der Waals surface area contributed by atoms with E-state index in [1.165, 1.54) is 31.2 Å². The zero-order chi connectivity index (χ0) is 18.9. The number of carboxylic acid groups (broad SMARTS) is 1. The third-order valence-electron chi connectivity index (χ3n) is 3.62. The quantitative estimate of drug-likeness (QED) is 0.762. The molecule has 1 N–H and O–H groups in total. The molecular formula is C16H14Cl3NO4S. The predicted molar refractivity (Wildman–Crippen MR) is 99.4 cm³/mol. The van der Waals surface area contributed by atoms with E-state index in [2.05, 4.69) is 0 Å². The van der Waals surface area contributed by atoms with Crippen LogP contribution in [0.1, 0.15) is 12.5 Å². The fraction of sp³-hybridized carbons (Fsp3) is 0.188. The van der Waals surface area contributed by atoms with Gasteiger partial charge in [0.2, 0.25) is 0 Å². The highest BCUT2D eigenvalue weighted by molar-refractivity contribution is 7.93. The van der Waals surface area contributed by atoms with Crippen molar-refractivity contribution in [3.8, 4) is 0 Å². The molecule has 0 saturated heterocycles. The Morgan fingerprint density at radius 3 is 2.36 bits per heavy atom. The first-order valence-electron chi connectivity index (χ1n) is 7.04. The molecule has 0 aromatic heterocycles. The first-order chi connectivity index (χ1) is 11.6. The lowest BCUT2D eigenvalue weighted by atomic mass is 10.2. The molecule has 9 heteroatoms. The molecule has 25 heavy (non-hydrogen) atoms. The average Bonchev–Trinajstić information content (AvgIpc) is 2.53. The van der Waals surface area contributed by atoms with Gasteiger partial charge in [-0.15, -0.1) is 0 Å². The Morgan fingerprint density at radius 1 is 1.12 bits per heavy atom. The minimum atomic E-state index is -4.31. The first-order valence-corrected chi connectivity index (χ1v) is 9.62. The van der Waals surface area contributed by atoms with Gasteiger partial charge in [-0.05, 0) is 49.7 Å². The summed E-state index contributed by atoms with van der Waals surface area (Å²) in [5.74, 6) is -1.32. The molecule has 0 aliphatic carbocycles. The van der Waals surface area contributed by atoms with Crippen LogP contribution in [0.4, 0.5) is 5.69 Å². The van der Waals surface area contributed by atoms with Crippen LogP contribution in [0.3, 0.4) is 0 Å². The van der Waals surface area contributed by atoms with Crippen LogP contribution in [0.15, 0.2) is 41.3 Å². The summed E-state index contributed by atoms with van der Waals surface area (Å²) in [5, 5.41) is 9.82. The molecule has 0 heterocycles. The Bertz CT molecular complexity index is 931. The summed E-state index contributed by atoms with van der Waals surface area (Å²) in [6.45, 7) is 2.87. The minimum Gasteiger partial charge on any atom is -0.480 e. The van der Waals surface area contributed by atoms with E-state index in [0.717, 1.165) is 4.31 Å². The van der Waals surface area contributed by atoms with Crippen LogP contribution in [0.5, 0.6) is 0 Å². The van der Waals surface area contributed by atoms with Gasteiger partial charge in [-0.3, -0.25) is 4.31 Å². The van der Waals surface area contributed by atoms with Gasteiger partial charge in [0.25, 0.3) is 10.0 Å². The maximum atomic E-state index is 13.2. The minimum absolute atomic E-state index is 0.0633. The third kappa shape index (κ3) is 3.87. The van der Waals surface area contributed by atoms with Gasteiger partial charge in [-0.2, -0.15) is 0 Å². The van der Waals surface area contributed by atoms with Crippen LogP contribution in [0.25, 0.3) is 0 Å². The predicted octanol–water partition coefficient (Wildman–Crippen LogP) is 4.62. The summed E-state index contributed by atoms with van der Waals surface area (Å²) < 4.78 is 27.2. The second-order valence-corrected chi connectivity index (χ2v) is 8.31. The topological polar surface area (TPSA) is 74.7 Å².